The zero-order valence-electron chi connectivity index (χ0n) is 15.5. The third-order valence-electron chi connectivity index (χ3n) is 3.92. The Morgan fingerprint density at radius 2 is 1.29 bits per heavy atom. The number of hydrogen-bond acceptors (Lipinski definition) is 5. The number of hydrogen-bond donors (Lipinski definition) is 0. The van der Waals surface area contributed by atoms with E-state index in [9.17, 15) is 9.59 Å². The Morgan fingerprint density at radius 3 is 1.93 bits per heavy atom. The van der Waals surface area contributed by atoms with Crippen molar-refractivity contribution in [2.24, 2.45) is 0 Å². The summed E-state index contributed by atoms with van der Waals surface area (Å²) in [5.74, 6) is 0.961. The van der Waals surface area contributed by atoms with Gasteiger partial charge in [0.05, 0.1) is 11.1 Å². The van der Waals surface area contributed by atoms with Crippen molar-refractivity contribution in [2.45, 2.75) is 6.92 Å². The molecule has 0 amide bonds. The quantitative estimate of drug-likeness (QED) is 0.249. The van der Waals surface area contributed by atoms with Crippen LogP contribution < -0.4 is 14.2 Å². The van der Waals surface area contributed by atoms with E-state index in [-0.39, 0.29) is 11.5 Å². The fourth-order valence-electron chi connectivity index (χ4n) is 2.53. The maximum atomic E-state index is 12.3. The molecular weight excluding hydrogens is 356 g/mol. The third kappa shape index (κ3) is 5.20. The fraction of sp³-hybridized carbons (Fsp3) is 0.130. The van der Waals surface area contributed by atoms with Crippen LogP contribution in [-0.4, -0.2) is 25.0 Å². The zero-order chi connectivity index (χ0) is 19.8. The second-order valence-corrected chi connectivity index (χ2v) is 5.98. The van der Waals surface area contributed by atoms with Crippen LogP contribution in [0, 0.1) is 0 Å². The van der Waals surface area contributed by atoms with E-state index in [1.54, 1.807) is 48.5 Å². The highest BCUT2D eigenvalue weighted by atomic mass is 16.5. The number of carbonyl (C=O) groups excluding carboxylic acids is 2. The van der Waals surface area contributed by atoms with Gasteiger partial charge in [0.25, 0.3) is 0 Å². The van der Waals surface area contributed by atoms with E-state index in [1.165, 1.54) is 6.92 Å². The molecule has 0 N–H and O–H groups in total. The van der Waals surface area contributed by atoms with Gasteiger partial charge in [-0.3, -0.25) is 4.79 Å². The van der Waals surface area contributed by atoms with Crippen LogP contribution in [0.4, 0.5) is 0 Å². The van der Waals surface area contributed by atoms with Crippen molar-refractivity contribution in [1.82, 2.24) is 0 Å². The third-order valence-corrected chi connectivity index (χ3v) is 3.92. The number of ketones is 1. The topological polar surface area (TPSA) is 61.8 Å². The molecule has 0 saturated carbocycles. The van der Waals surface area contributed by atoms with Crippen molar-refractivity contribution in [3.63, 3.8) is 0 Å². The largest absolute Gasteiger partial charge is 0.490 e. The van der Waals surface area contributed by atoms with Crippen LogP contribution >= 0.6 is 0 Å². The molecule has 0 radical (unpaired) electrons. The fourth-order valence-corrected chi connectivity index (χ4v) is 2.53. The lowest BCUT2D eigenvalue weighted by Crippen LogP contribution is -2.11. The van der Waals surface area contributed by atoms with Gasteiger partial charge in [0.1, 0.15) is 30.5 Å². The first-order valence-electron chi connectivity index (χ1n) is 8.86. The summed E-state index contributed by atoms with van der Waals surface area (Å²) in [5, 5.41) is 0. The Balaban J connectivity index is 1.52. The van der Waals surface area contributed by atoms with Gasteiger partial charge in [-0.15, -0.1) is 0 Å². The van der Waals surface area contributed by atoms with Crippen molar-refractivity contribution >= 4 is 11.8 Å². The van der Waals surface area contributed by atoms with E-state index in [0.29, 0.717) is 30.1 Å². The Labute approximate surface area is 163 Å². The van der Waals surface area contributed by atoms with E-state index in [1.807, 2.05) is 30.3 Å². The molecule has 0 saturated heterocycles. The Morgan fingerprint density at radius 1 is 0.714 bits per heavy atom. The van der Waals surface area contributed by atoms with Gasteiger partial charge in [-0.2, -0.15) is 0 Å². The number of carbonyl (C=O) groups is 2. The molecular formula is C23H20O5. The van der Waals surface area contributed by atoms with E-state index < -0.39 is 5.97 Å². The number of esters is 1. The van der Waals surface area contributed by atoms with E-state index in [2.05, 4.69) is 0 Å². The minimum absolute atomic E-state index is 0.162. The maximum Gasteiger partial charge on any atom is 0.343 e. The minimum atomic E-state index is -0.535. The van der Waals surface area contributed by atoms with Crippen LogP contribution in [0.1, 0.15) is 27.6 Å². The summed E-state index contributed by atoms with van der Waals surface area (Å²) < 4.78 is 16.5. The molecule has 3 rings (SSSR count). The average Bonchev–Trinajstić information content (AvgIpc) is 2.72. The van der Waals surface area contributed by atoms with E-state index >= 15 is 0 Å². The van der Waals surface area contributed by atoms with Gasteiger partial charge < -0.3 is 14.2 Å². The second kappa shape index (κ2) is 9.37. The normalized spacial score (nSPS) is 10.2. The molecule has 3 aromatic carbocycles. The van der Waals surface area contributed by atoms with Crippen LogP contribution in [0.5, 0.6) is 17.2 Å². The summed E-state index contributed by atoms with van der Waals surface area (Å²) >= 11 is 0. The van der Waals surface area contributed by atoms with Gasteiger partial charge in [-0.1, -0.05) is 30.3 Å². The summed E-state index contributed by atoms with van der Waals surface area (Å²) in [6, 6.07) is 22.8. The predicted molar refractivity (Wildman–Crippen MR) is 105 cm³/mol. The van der Waals surface area contributed by atoms with Crippen LogP contribution in [0.2, 0.25) is 0 Å². The highest BCUT2D eigenvalue weighted by molar-refractivity contribution is 5.99. The molecule has 5 heteroatoms. The molecule has 0 aliphatic carbocycles. The van der Waals surface area contributed by atoms with Crippen molar-refractivity contribution < 1.29 is 23.8 Å². The van der Waals surface area contributed by atoms with Gasteiger partial charge in [-0.25, -0.2) is 4.79 Å². The first-order chi connectivity index (χ1) is 13.6. The summed E-state index contributed by atoms with van der Waals surface area (Å²) in [5.41, 5.74) is 0.737. The molecule has 0 aliphatic rings. The van der Waals surface area contributed by atoms with Crippen molar-refractivity contribution in [3.8, 4) is 17.2 Å². The van der Waals surface area contributed by atoms with Crippen LogP contribution in [0.3, 0.4) is 0 Å². The molecule has 0 bridgehead atoms. The molecule has 0 unspecified atom stereocenters. The van der Waals surface area contributed by atoms with Gasteiger partial charge in [0, 0.05) is 0 Å². The first-order valence-corrected chi connectivity index (χ1v) is 8.86. The molecule has 0 heterocycles. The smallest absolute Gasteiger partial charge is 0.343 e. The summed E-state index contributed by atoms with van der Waals surface area (Å²) in [6.07, 6.45) is 0. The van der Waals surface area contributed by atoms with Gasteiger partial charge in [-0.05, 0) is 55.5 Å². The van der Waals surface area contributed by atoms with Crippen LogP contribution in [0.25, 0.3) is 0 Å². The van der Waals surface area contributed by atoms with Crippen LogP contribution in [0.15, 0.2) is 78.9 Å². The minimum Gasteiger partial charge on any atom is -0.490 e. The highest BCUT2D eigenvalue weighted by Crippen LogP contribution is 2.21. The molecule has 0 fully saturated rings. The molecule has 0 aliphatic heterocycles. The van der Waals surface area contributed by atoms with Crippen molar-refractivity contribution in [2.75, 3.05) is 13.2 Å². The lowest BCUT2D eigenvalue weighted by molar-refractivity contribution is 0.0733. The van der Waals surface area contributed by atoms with Gasteiger partial charge >= 0.3 is 5.97 Å². The molecule has 3 aromatic rings. The average molecular weight is 376 g/mol. The summed E-state index contributed by atoms with van der Waals surface area (Å²) in [4.78, 5) is 23.9. The predicted octanol–water partition coefficient (Wildman–Crippen LogP) is 4.57. The Kier molecular flexibility index (Phi) is 6.41. The lowest BCUT2D eigenvalue weighted by Gasteiger charge is -2.10. The molecule has 28 heavy (non-hydrogen) atoms. The Bertz CT molecular complexity index is 933. The summed E-state index contributed by atoms with van der Waals surface area (Å²) in [6.45, 7) is 2.22. The molecule has 0 spiro atoms. The van der Waals surface area contributed by atoms with Crippen molar-refractivity contribution in [1.29, 1.82) is 0 Å². The molecule has 0 aromatic heterocycles. The number of rotatable bonds is 8. The van der Waals surface area contributed by atoms with E-state index in [0.717, 1.165) is 5.75 Å². The van der Waals surface area contributed by atoms with Gasteiger partial charge in [0.2, 0.25) is 0 Å². The monoisotopic (exact) mass is 376 g/mol. The first kappa shape index (κ1) is 19.2. The Hall–Kier alpha value is -3.60. The maximum absolute atomic E-state index is 12.3. The second-order valence-electron chi connectivity index (χ2n) is 5.98. The lowest BCUT2D eigenvalue weighted by atomic mass is 10.1. The molecule has 142 valence electrons. The number of benzene rings is 3. The molecule has 0 atom stereocenters. The summed E-state index contributed by atoms with van der Waals surface area (Å²) in [7, 11) is 0. The van der Waals surface area contributed by atoms with Crippen LogP contribution in [-0.2, 0) is 0 Å². The van der Waals surface area contributed by atoms with E-state index in [4.69, 9.17) is 14.2 Å². The molecule has 5 nitrogen and oxygen atoms in total. The number of ether oxygens (including phenoxy) is 3. The van der Waals surface area contributed by atoms with Crippen molar-refractivity contribution in [3.05, 3.63) is 90.0 Å². The van der Waals surface area contributed by atoms with Gasteiger partial charge in [0.15, 0.2) is 5.78 Å². The highest BCUT2D eigenvalue weighted by Gasteiger charge is 2.13. The zero-order valence-corrected chi connectivity index (χ0v) is 15.5. The number of para-hydroxylation sites is 2. The SMILES string of the molecule is CC(=O)c1ccccc1OC(=O)c1ccc(OCCOc2ccccc2)cc1. The number of Topliss-reactive ketones (excluding diaryl/α,β-unsaturated/α-hetero) is 1. The standard InChI is InChI=1S/C23H20O5/c1-17(24)21-9-5-6-10-22(21)28-23(25)18-11-13-20(14-12-18)27-16-15-26-19-7-3-2-4-8-19/h2-14H,15-16H2,1H3.